The van der Waals surface area contributed by atoms with Crippen LogP contribution in [-0.2, 0) is 0 Å². The van der Waals surface area contributed by atoms with Crippen LogP contribution in [0.1, 0.15) is 40.0 Å². The predicted octanol–water partition coefficient (Wildman–Crippen LogP) is 4.24. The summed E-state index contributed by atoms with van der Waals surface area (Å²) in [6.45, 7) is 7.80. The summed E-state index contributed by atoms with van der Waals surface area (Å²) in [5.74, 6) is 0. The summed E-state index contributed by atoms with van der Waals surface area (Å²) in [6.07, 6.45) is 3.70. The molecule has 1 saturated carbocycles. The molecule has 1 aliphatic carbocycles. The fraction of sp³-hybridized carbons (Fsp3) is 0.625. The second-order valence-electron chi connectivity index (χ2n) is 6.32. The largest absolute Gasteiger partial charge is 0.313 e. The second-order valence-corrected chi connectivity index (χ2v) is 7.64. The highest BCUT2D eigenvalue weighted by molar-refractivity contribution is 8.00. The maximum absolute atomic E-state index is 10.7. The summed E-state index contributed by atoms with van der Waals surface area (Å²) in [4.78, 5) is 11.5. The average Bonchev–Trinajstić information content (AvgIpc) is 2.43. The lowest BCUT2D eigenvalue weighted by atomic mass is 9.73. The van der Waals surface area contributed by atoms with Gasteiger partial charge in [-0.05, 0) is 36.9 Å². The molecular weight excluding hydrogens is 284 g/mol. The highest BCUT2D eigenvalue weighted by atomic mass is 32.2. The Hall–Kier alpha value is -1.07. The Morgan fingerprint density at radius 2 is 2.05 bits per heavy atom. The Labute approximate surface area is 130 Å². The fourth-order valence-electron chi connectivity index (χ4n) is 3.16. The lowest BCUT2D eigenvalue weighted by Crippen LogP contribution is -2.51. The topological polar surface area (TPSA) is 55.2 Å². The third-order valence-corrected chi connectivity index (χ3v) is 5.64. The second kappa shape index (κ2) is 6.79. The number of thioether (sulfide) groups is 1. The van der Waals surface area contributed by atoms with E-state index in [1.165, 1.54) is 19.3 Å². The van der Waals surface area contributed by atoms with E-state index in [-0.39, 0.29) is 10.6 Å². The summed E-state index contributed by atoms with van der Waals surface area (Å²) in [5.41, 5.74) is 0.457. The van der Waals surface area contributed by atoms with E-state index in [1.54, 1.807) is 12.1 Å². The molecule has 1 fully saturated rings. The zero-order valence-corrected chi connectivity index (χ0v) is 13.8. The first-order chi connectivity index (χ1) is 9.94. The number of benzene rings is 1. The van der Waals surface area contributed by atoms with Crippen molar-refractivity contribution < 1.29 is 4.92 Å². The van der Waals surface area contributed by atoms with Gasteiger partial charge in [0, 0.05) is 28.3 Å². The molecule has 0 aromatic heterocycles. The van der Waals surface area contributed by atoms with E-state index in [9.17, 15) is 10.1 Å². The van der Waals surface area contributed by atoms with Crippen LogP contribution in [0.5, 0.6) is 0 Å². The Morgan fingerprint density at radius 3 is 2.62 bits per heavy atom. The van der Waals surface area contributed by atoms with Crippen molar-refractivity contribution in [2.45, 2.75) is 56.2 Å². The van der Waals surface area contributed by atoms with E-state index in [0.29, 0.717) is 16.7 Å². The Bertz CT molecular complexity index is 488. The van der Waals surface area contributed by atoms with Gasteiger partial charge < -0.3 is 5.32 Å². The molecular formula is C16H24N2O2S. The smallest absolute Gasteiger partial charge is 0.269 e. The predicted molar refractivity (Wildman–Crippen MR) is 87.8 cm³/mol. The number of non-ortho nitro benzene ring substituents is 1. The van der Waals surface area contributed by atoms with Gasteiger partial charge in [-0.2, -0.15) is 0 Å². The van der Waals surface area contributed by atoms with Gasteiger partial charge >= 0.3 is 0 Å². The van der Waals surface area contributed by atoms with Crippen LogP contribution in [-0.4, -0.2) is 22.8 Å². The van der Waals surface area contributed by atoms with E-state index < -0.39 is 0 Å². The number of hydrogen-bond donors (Lipinski definition) is 1. The lowest BCUT2D eigenvalue weighted by molar-refractivity contribution is -0.384. The molecule has 2 rings (SSSR count). The molecule has 0 spiro atoms. The number of nitro benzene ring substituents is 1. The molecule has 0 aliphatic heterocycles. The first-order valence-corrected chi connectivity index (χ1v) is 8.46. The van der Waals surface area contributed by atoms with E-state index in [2.05, 4.69) is 26.1 Å². The van der Waals surface area contributed by atoms with Crippen LogP contribution < -0.4 is 5.32 Å². The van der Waals surface area contributed by atoms with Crippen molar-refractivity contribution in [3.05, 3.63) is 34.4 Å². The Balaban J connectivity index is 2.10. The quantitative estimate of drug-likeness (QED) is 0.653. The van der Waals surface area contributed by atoms with Gasteiger partial charge in [0.05, 0.1) is 4.92 Å². The first kappa shape index (κ1) is 16.3. The van der Waals surface area contributed by atoms with Gasteiger partial charge in [-0.25, -0.2) is 0 Å². The van der Waals surface area contributed by atoms with Crippen molar-refractivity contribution in [1.29, 1.82) is 0 Å². The Morgan fingerprint density at radius 1 is 1.38 bits per heavy atom. The summed E-state index contributed by atoms with van der Waals surface area (Å²) >= 11 is 1.85. The van der Waals surface area contributed by atoms with E-state index in [4.69, 9.17) is 0 Å². The van der Waals surface area contributed by atoms with Crippen molar-refractivity contribution in [3.8, 4) is 0 Å². The molecule has 0 saturated heterocycles. The van der Waals surface area contributed by atoms with Gasteiger partial charge in [0.2, 0.25) is 0 Å². The molecule has 1 aromatic carbocycles. The monoisotopic (exact) mass is 308 g/mol. The molecule has 1 aliphatic rings. The van der Waals surface area contributed by atoms with Crippen LogP contribution in [0.3, 0.4) is 0 Å². The van der Waals surface area contributed by atoms with E-state index in [0.717, 1.165) is 11.4 Å². The van der Waals surface area contributed by atoms with Crippen molar-refractivity contribution in [2.75, 3.05) is 6.54 Å². The van der Waals surface area contributed by atoms with Crippen LogP contribution in [0.25, 0.3) is 0 Å². The molecule has 1 aromatic rings. The van der Waals surface area contributed by atoms with Crippen LogP contribution >= 0.6 is 11.8 Å². The number of nitrogens with zero attached hydrogens (tertiary/aromatic N) is 1. The van der Waals surface area contributed by atoms with Gasteiger partial charge in [0.25, 0.3) is 5.69 Å². The van der Waals surface area contributed by atoms with Crippen molar-refractivity contribution >= 4 is 17.4 Å². The lowest BCUT2D eigenvalue weighted by Gasteiger charge is -2.44. The summed E-state index contributed by atoms with van der Waals surface area (Å²) in [6, 6.07) is 7.41. The van der Waals surface area contributed by atoms with Gasteiger partial charge in [-0.1, -0.05) is 27.2 Å². The maximum atomic E-state index is 10.7. The van der Waals surface area contributed by atoms with Crippen LogP contribution in [0.2, 0.25) is 0 Å². The van der Waals surface area contributed by atoms with Gasteiger partial charge in [-0.15, -0.1) is 11.8 Å². The number of nitrogens with one attached hydrogen (secondary N) is 1. The molecule has 0 heterocycles. The summed E-state index contributed by atoms with van der Waals surface area (Å²) < 4.78 is 0. The molecule has 0 amide bonds. The summed E-state index contributed by atoms with van der Waals surface area (Å²) in [5, 5.41) is 14.9. The zero-order valence-electron chi connectivity index (χ0n) is 13.0. The SMILES string of the molecule is CCNC1C(Sc2ccc([N+](=O)[O-])cc2)CCCC1(C)C. The first-order valence-electron chi connectivity index (χ1n) is 7.58. The fourth-order valence-corrected chi connectivity index (χ4v) is 4.69. The van der Waals surface area contributed by atoms with Crippen molar-refractivity contribution in [3.63, 3.8) is 0 Å². The van der Waals surface area contributed by atoms with Crippen LogP contribution in [0.4, 0.5) is 5.69 Å². The minimum absolute atomic E-state index is 0.159. The zero-order chi connectivity index (χ0) is 15.5. The highest BCUT2D eigenvalue weighted by Gasteiger charge is 2.38. The Kier molecular flexibility index (Phi) is 5.27. The van der Waals surface area contributed by atoms with Crippen LogP contribution in [0.15, 0.2) is 29.2 Å². The standard InChI is InChI=1S/C16H24N2O2S/c1-4-17-15-14(6-5-11-16(15,2)3)21-13-9-7-12(8-10-13)18(19)20/h7-10,14-15,17H,4-6,11H2,1-3H3. The molecule has 2 unspecified atom stereocenters. The molecule has 5 heteroatoms. The minimum atomic E-state index is -0.348. The van der Waals surface area contributed by atoms with E-state index in [1.807, 2.05) is 23.9 Å². The number of nitro groups is 1. The molecule has 0 radical (unpaired) electrons. The minimum Gasteiger partial charge on any atom is -0.313 e. The molecule has 116 valence electrons. The number of hydrogen-bond acceptors (Lipinski definition) is 4. The van der Waals surface area contributed by atoms with Gasteiger partial charge in [0.1, 0.15) is 0 Å². The molecule has 21 heavy (non-hydrogen) atoms. The molecule has 4 nitrogen and oxygen atoms in total. The highest BCUT2D eigenvalue weighted by Crippen LogP contribution is 2.42. The maximum Gasteiger partial charge on any atom is 0.269 e. The normalized spacial score (nSPS) is 24.7. The van der Waals surface area contributed by atoms with Crippen molar-refractivity contribution in [1.82, 2.24) is 5.32 Å². The summed E-state index contributed by atoms with van der Waals surface area (Å²) in [7, 11) is 0. The molecule has 1 N–H and O–H groups in total. The van der Waals surface area contributed by atoms with Gasteiger partial charge in [-0.3, -0.25) is 10.1 Å². The van der Waals surface area contributed by atoms with Gasteiger partial charge in [0.15, 0.2) is 0 Å². The molecule has 0 bridgehead atoms. The van der Waals surface area contributed by atoms with Crippen LogP contribution in [0, 0.1) is 15.5 Å². The molecule has 2 atom stereocenters. The number of rotatable bonds is 5. The third kappa shape index (κ3) is 3.98. The average molecular weight is 308 g/mol. The third-order valence-electron chi connectivity index (χ3n) is 4.28. The van der Waals surface area contributed by atoms with E-state index >= 15 is 0 Å². The van der Waals surface area contributed by atoms with Crippen molar-refractivity contribution in [2.24, 2.45) is 5.41 Å².